The molecule has 2 aliphatic rings. The number of carbonyl (C=O) groups is 2. The fourth-order valence-electron chi connectivity index (χ4n) is 4.97. The van der Waals surface area contributed by atoms with Crippen molar-refractivity contribution in [2.75, 3.05) is 4.90 Å². The van der Waals surface area contributed by atoms with Crippen LogP contribution in [0, 0.1) is 22.5 Å². The standard InChI is InChI=1S/C25H23F3N2O4/c1-14-6-4-5-7-16(14)17-11-22(32)29(20-12-24(2,3)13-21(31)23(17)20)18-9-8-15(25(26,27)28)10-19(18)30(33)34/h4-10,17H,11-13H2,1-3H3. The van der Waals surface area contributed by atoms with Crippen molar-refractivity contribution in [2.45, 2.75) is 52.1 Å². The molecule has 1 unspecified atom stereocenters. The summed E-state index contributed by atoms with van der Waals surface area (Å²) in [7, 11) is 0. The predicted molar refractivity (Wildman–Crippen MR) is 119 cm³/mol. The topological polar surface area (TPSA) is 80.5 Å². The number of halogens is 3. The summed E-state index contributed by atoms with van der Waals surface area (Å²) in [6.07, 6.45) is -4.38. The van der Waals surface area contributed by atoms with Crippen molar-refractivity contribution in [3.63, 3.8) is 0 Å². The zero-order valence-corrected chi connectivity index (χ0v) is 18.9. The largest absolute Gasteiger partial charge is 0.416 e. The van der Waals surface area contributed by atoms with Gasteiger partial charge in [-0.05, 0) is 42.0 Å². The molecule has 1 aliphatic carbocycles. The smallest absolute Gasteiger partial charge is 0.294 e. The van der Waals surface area contributed by atoms with E-state index < -0.39 is 39.6 Å². The highest BCUT2D eigenvalue weighted by Crippen LogP contribution is 2.50. The maximum Gasteiger partial charge on any atom is 0.416 e. The second kappa shape index (κ2) is 8.07. The molecule has 0 radical (unpaired) electrons. The van der Waals surface area contributed by atoms with Gasteiger partial charge in [0.1, 0.15) is 5.69 Å². The molecule has 0 saturated carbocycles. The van der Waals surface area contributed by atoms with Gasteiger partial charge >= 0.3 is 6.18 Å². The zero-order chi connectivity index (χ0) is 25.0. The quantitative estimate of drug-likeness (QED) is 0.400. The van der Waals surface area contributed by atoms with Gasteiger partial charge in [-0.25, -0.2) is 0 Å². The number of nitro groups is 1. The second-order valence-electron chi connectivity index (χ2n) is 9.60. The molecule has 4 rings (SSSR count). The summed E-state index contributed by atoms with van der Waals surface area (Å²) in [5, 5.41) is 11.7. The van der Waals surface area contributed by atoms with Crippen LogP contribution in [0.3, 0.4) is 0 Å². The number of hydrogen-bond acceptors (Lipinski definition) is 4. The van der Waals surface area contributed by atoms with E-state index in [0.29, 0.717) is 17.3 Å². The summed E-state index contributed by atoms with van der Waals surface area (Å²) in [4.78, 5) is 38.7. The van der Waals surface area contributed by atoms with Crippen molar-refractivity contribution in [1.29, 1.82) is 0 Å². The Labute approximate surface area is 194 Å². The van der Waals surface area contributed by atoms with E-state index in [9.17, 15) is 32.9 Å². The Bertz CT molecular complexity index is 1250. The molecule has 1 heterocycles. The van der Waals surface area contributed by atoms with Gasteiger partial charge in [-0.2, -0.15) is 13.2 Å². The number of hydrogen-bond donors (Lipinski definition) is 0. The Balaban J connectivity index is 1.96. The Morgan fingerprint density at radius 1 is 1.09 bits per heavy atom. The van der Waals surface area contributed by atoms with Gasteiger partial charge in [-0.15, -0.1) is 0 Å². The molecule has 1 atom stereocenters. The number of ketones is 1. The lowest BCUT2D eigenvalue weighted by molar-refractivity contribution is -0.384. The maximum atomic E-state index is 13.5. The molecule has 0 aromatic heterocycles. The van der Waals surface area contributed by atoms with E-state index in [2.05, 4.69) is 0 Å². The summed E-state index contributed by atoms with van der Waals surface area (Å²) >= 11 is 0. The average molecular weight is 472 g/mol. The third-order valence-corrected chi connectivity index (χ3v) is 6.45. The molecular weight excluding hydrogens is 449 g/mol. The fourth-order valence-corrected chi connectivity index (χ4v) is 4.97. The molecule has 6 nitrogen and oxygen atoms in total. The van der Waals surface area contributed by atoms with Crippen molar-refractivity contribution in [1.82, 2.24) is 0 Å². The number of benzene rings is 2. The van der Waals surface area contributed by atoms with Gasteiger partial charge in [0.15, 0.2) is 5.78 Å². The van der Waals surface area contributed by atoms with Gasteiger partial charge < -0.3 is 0 Å². The number of alkyl halides is 3. The number of amides is 1. The fraction of sp³-hybridized carbons (Fsp3) is 0.360. The number of carbonyl (C=O) groups excluding carboxylic acids is 2. The summed E-state index contributed by atoms with van der Waals surface area (Å²) in [6, 6.07) is 9.50. The van der Waals surface area contributed by atoms with Gasteiger partial charge in [0.25, 0.3) is 5.69 Å². The molecule has 2 aromatic rings. The molecule has 0 saturated heterocycles. The van der Waals surface area contributed by atoms with Crippen molar-refractivity contribution in [3.8, 4) is 0 Å². The number of allylic oxidation sites excluding steroid dienone is 2. The summed E-state index contributed by atoms with van der Waals surface area (Å²) in [5.74, 6) is -1.18. The Hall–Kier alpha value is -3.49. The Kier molecular flexibility index (Phi) is 5.62. The van der Waals surface area contributed by atoms with E-state index in [1.807, 2.05) is 45.0 Å². The van der Waals surface area contributed by atoms with E-state index in [1.165, 1.54) is 0 Å². The van der Waals surface area contributed by atoms with Crippen LogP contribution in [0.15, 0.2) is 53.7 Å². The molecule has 0 N–H and O–H groups in total. The number of aryl methyl sites for hydroxylation is 1. The van der Waals surface area contributed by atoms with Gasteiger partial charge in [0.05, 0.1) is 10.5 Å². The van der Waals surface area contributed by atoms with Crippen LogP contribution in [0.25, 0.3) is 0 Å². The van der Waals surface area contributed by atoms with Crippen molar-refractivity contribution in [2.24, 2.45) is 5.41 Å². The predicted octanol–water partition coefficient (Wildman–Crippen LogP) is 6.09. The Morgan fingerprint density at radius 2 is 1.76 bits per heavy atom. The lowest BCUT2D eigenvalue weighted by atomic mass is 9.69. The monoisotopic (exact) mass is 472 g/mol. The minimum absolute atomic E-state index is 0.117. The van der Waals surface area contributed by atoms with Crippen LogP contribution < -0.4 is 4.90 Å². The summed E-state index contributed by atoms with van der Waals surface area (Å²) < 4.78 is 39.7. The molecule has 34 heavy (non-hydrogen) atoms. The first-order valence-electron chi connectivity index (χ1n) is 10.8. The van der Waals surface area contributed by atoms with Gasteiger partial charge in [-0.3, -0.25) is 24.6 Å². The maximum absolute atomic E-state index is 13.5. The lowest BCUT2D eigenvalue weighted by Crippen LogP contribution is -2.44. The molecule has 1 amide bonds. The molecule has 0 fully saturated rings. The first kappa shape index (κ1) is 23.7. The van der Waals surface area contributed by atoms with E-state index in [1.54, 1.807) is 0 Å². The van der Waals surface area contributed by atoms with E-state index in [-0.39, 0.29) is 30.7 Å². The minimum atomic E-state index is -4.78. The minimum Gasteiger partial charge on any atom is -0.294 e. The second-order valence-corrected chi connectivity index (χ2v) is 9.60. The van der Waals surface area contributed by atoms with Crippen LogP contribution in [0.2, 0.25) is 0 Å². The molecular formula is C25H23F3N2O4. The average Bonchev–Trinajstić information content (AvgIpc) is 2.71. The van der Waals surface area contributed by atoms with Crippen LogP contribution in [0.4, 0.5) is 24.5 Å². The number of anilines is 1. The summed E-state index contributed by atoms with van der Waals surface area (Å²) in [5.41, 5.74) is -0.348. The highest BCUT2D eigenvalue weighted by Gasteiger charge is 2.46. The van der Waals surface area contributed by atoms with E-state index in [4.69, 9.17) is 0 Å². The lowest BCUT2D eigenvalue weighted by Gasteiger charge is -2.43. The van der Waals surface area contributed by atoms with Crippen molar-refractivity contribution in [3.05, 3.63) is 80.5 Å². The number of Topliss-reactive ketones (excluding diaryl/α,β-unsaturated/α-hetero) is 1. The number of rotatable bonds is 3. The van der Waals surface area contributed by atoms with Crippen LogP contribution in [-0.4, -0.2) is 16.6 Å². The van der Waals surface area contributed by atoms with E-state index in [0.717, 1.165) is 28.2 Å². The molecule has 1 aliphatic heterocycles. The highest BCUT2D eigenvalue weighted by molar-refractivity contribution is 6.08. The third-order valence-electron chi connectivity index (χ3n) is 6.45. The summed E-state index contributed by atoms with van der Waals surface area (Å²) in [6.45, 7) is 5.59. The van der Waals surface area contributed by atoms with Crippen molar-refractivity contribution < 1.29 is 27.7 Å². The first-order valence-corrected chi connectivity index (χ1v) is 10.8. The van der Waals surface area contributed by atoms with E-state index >= 15 is 0 Å². The first-order chi connectivity index (χ1) is 15.8. The highest BCUT2D eigenvalue weighted by atomic mass is 19.4. The Morgan fingerprint density at radius 3 is 2.38 bits per heavy atom. The van der Waals surface area contributed by atoms with Gasteiger partial charge in [0, 0.05) is 36.1 Å². The molecule has 9 heteroatoms. The number of nitro benzene ring substituents is 1. The zero-order valence-electron chi connectivity index (χ0n) is 18.9. The van der Waals surface area contributed by atoms with Crippen LogP contribution in [-0.2, 0) is 15.8 Å². The molecule has 0 bridgehead atoms. The van der Waals surface area contributed by atoms with Crippen molar-refractivity contribution >= 4 is 23.1 Å². The van der Waals surface area contributed by atoms with Crippen LogP contribution in [0.5, 0.6) is 0 Å². The normalized spacial score (nSPS) is 20.4. The SMILES string of the molecule is Cc1ccccc1C1CC(=O)N(c2ccc(C(F)(F)F)cc2[N+](=O)[O-])C2=C1C(=O)CC(C)(C)C2. The molecule has 178 valence electrons. The van der Waals surface area contributed by atoms with Crippen LogP contribution >= 0.6 is 0 Å². The molecule has 2 aromatic carbocycles. The van der Waals surface area contributed by atoms with Gasteiger partial charge in [0.2, 0.25) is 5.91 Å². The van der Waals surface area contributed by atoms with Gasteiger partial charge in [-0.1, -0.05) is 38.1 Å². The molecule has 0 spiro atoms. The number of nitrogens with zero attached hydrogens (tertiary/aromatic N) is 2. The third kappa shape index (κ3) is 4.10. The van der Waals surface area contributed by atoms with Crippen LogP contribution in [0.1, 0.15) is 55.7 Å².